The van der Waals surface area contributed by atoms with Crippen LogP contribution >= 0.6 is 12.6 Å². The molecule has 0 spiro atoms. The Balaban J connectivity index is 0.000000375. The Morgan fingerprint density at radius 3 is 2.45 bits per heavy atom. The number of fused-ring (bicyclic) bond motifs is 1. The van der Waals surface area contributed by atoms with Gasteiger partial charge in [0.05, 0.1) is 11.1 Å². The Bertz CT molecular complexity index is 1130. The van der Waals surface area contributed by atoms with Crippen molar-refractivity contribution in [3.05, 3.63) is 59.3 Å². The van der Waals surface area contributed by atoms with E-state index in [0.717, 1.165) is 66.6 Å². The SMILES string of the molecule is CCCC(CCC)c1c[nH]c2c(C(N)=O)cc(-c3cccc(CNCC)c3)cc12.SCCCN1CCCC1. The molecule has 0 atom stereocenters. The number of rotatable bonds is 13. The van der Waals surface area contributed by atoms with Crippen molar-refractivity contribution in [2.75, 3.05) is 31.9 Å². The van der Waals surface area contributed by atoms with Gasteiger partial charge in [0, 0.05) is 18.1 Å². The zero-order valence-electron chi connectivity index (χ0n) is 23.7. The van der Waals surface area contributed by atoms with E-state index in [1.54, 1.807) is 0 Å². The van der Waals surface area contributed by atoms with Crippen molar-refractivity contribution < 1.29 is 4.79 Å². The first-order valence-corrected chi connectivity index (χ1v) is 15.2. The lowest BCUT2D eigenvalue weighted by Gasteiger charge is -2.15. The van der Waals surface area contributed by atoms with E-state index < -0.39 is 5.91 Å². The topological polar surface area (TPSA) is 74.1 Å². The molecule has 1 fully saturated rings. The van der Waals surface area contributed by atoms with Crippen LogP contribution in [0.2, 0.25) is 0 Å². The second kappa shape index (κ2) is 16.0. The maximum atomic E-state index is 12.2. The van der Waals surface area contributed by atoms with Crippen molar-refractivity contribution in [2.24, 2.45) is 5.73 Å². The molecule has 2 aromatic carbocycles. The molecule has 6 heteroatoms. The number of nitrogens with two attached hydrogens (primary N) is 1. The molecular weight excluding hydrogens is 488 g/mol. The van der Waals surface area contributed by atoms with Crippen LogP contribution < -0.4 is 11.1 Å². The van der Waals surface area contributed by atoms with Gasteiger partial charge >= 0.3 is 0 Å². The number of hydrogen-bond donors (Lipinski definition) is 4. The largest absolute Gasteiger partial charge is 0.366 e. The number of thiol groups is 1. The molecule has 1 aromatic heterocycles. The van der Waals surface area contributed by atoms with Gasteiger partial charge in [0.2, 0.25) is 0 Å². The summed E-state index contributed by atoms with van der Waals surface area (Å²) >= 11 is 4.17. The lowest BCUT2D eigenvalue weighted by molar-refractivity contribution is 0.100. The number of carbonyl (C=O) groups is 1. The van der Waals surface area contributed by atoms with Crippen LogP contribution in [0.15, 0.2) is 42.6 Å². The standard InChI is InChI=1S/C25H33N3O.C7H15NS/c1-4-8-18(9-5-2)23-16-28-24-21(23)13-20(14-22(24)25(26)29)19-11-7-10-17(12-19)15-27-6-3;9-7-3-6-8-4-1-2-5-8/h7,10-14,16,18,27-28H,4-6,8-9,15H2,1-3H3,(H2,26,29);9H,1-7H2. The zero-order chi connectivity index (χ0) is 27.3. The second-order valence-corrected chi connectivity index (χ2v) is 10.9. The molecule has 0 saturated carbocycles. The van der Waals surface area contributed by atoms with Gasteiger partial charge in [-0.3, -0.25) is 4.79 Å². The van der Waals surface area contributed by atoms with Crippen LogP contribution in [0.4, 0.5) is 0 Å². The highest BCUT2D eigenvalue weighted by Crippen LogP contribution is 2.36. The highest BCUT2D eigenvalue weighted by atomic mass is 32.1. The Kier molecular flexibility index (Phi) is 12.7. The molecule has 5 nitrogen and oxygen atoms in total. The van der Waals surface area contributed by atoms with Gasteiger partial charge in [0.15, 0.2) is 0 Å². The molecule has 4 N–H and O–H groups in total. The minimum atomic E-state index is -0.392. The molecule has 4 rings (SSSR count). The minimum Gasteiger partial charge on any atom is -0.366 e. The number of nitrogens with one attached hydrogen (secondary N) is 2. The van der Waals surface area contributed by atoms with Gasteiger partial charge in [-0.1, -0.05) is 51.8 Å². The zero-order valence-corrected chi connectivity index (χ0v) is 24.6. The number of primary amides is 1. The van der Waals surface area contributed by atoms with Crippen molar-refractivity contribution in [1.29, 1.82) is 0 Å². The van der Waals surface area contributed by atoms with E-state index in [2.05, 4.69) is 85.1 Å². The average Bonchev–Trinajstić information content (AvgIpc) is 3.60. The number of amides is 1. The van der Waals surface area contributed by atoms with Gasteiger partial charge in [-0.05, 0) is 110 Å². The lowest BCUT2D eigenvalue weighted by atomic mass is 9.88. The summed E-state index contributed by atoms with van der Waals surface area (Å²) in [5.74, 6) is 1.14. The van der Waals surface area contributed by atoms with Gasteiger partial charge in [-0.25, -0.2) is 0 Å². The fourth-order valence-corrected chi connectivity index (χ4v) is 5.68. The number of carbonyl (C=O) groups excluding carboxylic acids is 1. The molecule has 0 bridgehead atoms. The summed E-state index contributed by atoms with van der Waals surface area (Å²) in [7, 11) is 0. The molecule has 1 saturated heterocycles. The number of benzene rings is 2. The predicted molar refractivity (Wildman–Crippen MR) is 166 cm³/mol. The fourth-order valence-electron chi connectivity index (χ4n) is 5.53. The summed E-state index contributed by atoms with van der Waals surface area (Å²) in [6.45, 7) is 12.3. The van der Waals surface area contributed by atoms with Gasteiger partial charge in [-0.15, -0.1) is 0 Å². The highest BCUT2D eigenvalue weighted by Gasteiger charge is 2.19. The number of likely N-dealkylation sites (tertiary alicyclic amines) is 1. The third-order valence-electron chi connectivity index (χ3n) is 7.47. The summed E-state index contributed by atoms with van der Waals surface area (Å²) < 4.78 is 0. The van der Waals surface area contributed by atoms with E-state index in [1.807, 2.05) is 6.07 Å². The van der Waals surface area contributed by atoms with E-state index in [1.165, 1.54) is 50.0 Å². The molecule has 1 aliphatic heterocycles. The van der Waals surface area contributed by atoms with Crippen LogP contribution in [0.3, 0.4) is 0 Å². The van der Waals surface area contributed by atoms with Crippen LogP contribution in [0.25, 0.3) is 22.0 Å². The van der Waals surface area contributed by atoms with Crippen LogP contribution in [-0.4, -0.2) is 47.7 Å². The van der Waals surface area contributed by atoms with E-state index >= 15 is 0 Å². The van der Waals surface area contributed by atoms with Crippen molar-refractivity contribution >= 4 is 29.4 Å². The first-order valence-electron chi connectivity index (χ1n) is 14.6. The van der Waals surface area contributed by atoms with Gasteiger partial charge in [0.1, 0.15) is 0 Å². The summed E-state index contributed by atoms with van der Waals surface area (Å²) in [6.07, 6.45) is 10.7. The van der Waals surface area contributed by atoms with Gasteiger partial charge in [0.25, 0.3) is 5.91 Å². The van der Waals surface area contributed by atoms with Gasteiger partial charge < -0.3 is 20.9 Å². The smallest absolute Gasteiger partial charge is 0.250 e. The molecule has 0 aliphatic carbocycles. The number of hydrogen-bond acceptors (Lipinski definition) is 4. The van der Waals surface area contributed by atoms with Crippen molar-refractivity contribution in [1.82, 2.24) is 15.2 Å². The van der Waals surface area contributed by atoms with Crippen LogP contribution in [0.1, 0.15) is 93.1 Å². The first kappa shape index (κ1) is 30.3. The van der Waals surface area contributed by atoms with Crippen molar-refractivity contribution in [2.45, 2.75) is 78.2 Å². The van der Waals surface area contributed by atoms with Gasteiger partial charge in [-0.2, -0.15) is 12.6 Å². The second-order valence-electron chi connectivity index (χ2n) is 10.4. The van der Waals surface area contributed by atoms with Crippen LogP contribution in [0, 0.1) is 0 Å². The Morgan fingerprint density at radius 2 is 1.82 bits per heavy atom. The predicted octanol–water partition coefficient (Wildman–Crippen LogP) is 7.13. The molecule has 38 heavy (non-hydrogen) atoms. The number of aromatic amines is 1. The Morgan fingerprint density at radius 1 is 1.08 bits per heavy atom. The monoisotopic (exact) mass is 536 g/mol. The third-order valence-corrected chi connectivity index (χ3v) is 7.79. The van der Waals surface area contributed by atoms with E-state index in [-0.39, 0.29) is 0 Å². The molecule has 3 aromatic rings. The normalized spacial score (nSPS) is 13.7. The lowest BCUT2D eigenvalue weighted by Crippen LogP contribution is -2.20. The molecule has 1 aliphatic rings. The molecule has 2 heterocycles. The van der Waals surface area contributed by atoms with Crippen molar-refractivity contribution in [3.8, 4) is 11.1 Å². The molecule has 1 amide bonds. The fraction of sp³-hybridized carbons (Fsp3) is 0.531. The molecule has 0 radical (unpaired) electrons. The average molecular weight is 537 g/mol. The third kappa shape index (κ3) is 8.36. The summed E-state index contributed by atoms with van der Waals surface area (Å²) in [5, 5.41) is 4.50. The molecular formula is C32H48N4OS. The highest BCUT2D eigenvalue weighted by molar-refractivity contribution is 7.80. The Labute approximate surface area is 235 Å². The summed E-state index contributed by atoms with van der Waals surface area (Å²) in [4.78, 5) is 18.1. The summed E-state index contributed by atoms with van der Waals surface area (Å²) in [5.41, 5.74) is 11.9. The maximum absolute atomic E-state index is 12.2. The number of aromatic nitrogens is 1. The molecule has 208 valence electrons. The summed E-state index contributed by atoms with van der Waals surface area (Å²) in [6, 6.07) is 12.6. The van der Waals surface area contributed by atoms with E-state index in [4.69, 9.17) is 5.73 Å². The Hall–Kier alpha value is -2.28. The first-order chi connectivity index (χ1) is 18.5. The maximum Gasteiger partial charge on any atom is 0.250 e. The van der Waals surface area contributed by atoms with Crippen LogP contribution in [0.5, 0.6) is 0 Å². The van der Waals surface area contributed by atoms with E-state index in [9.17, 15) is 4.79 Å². The quantitative estimate of drug-likeness (QED) is 0.176. The van der Waals surface area contributed by atoms with Crippen LogP contribution in [-0.2, 0) is 6.54 Å². The number of nitrogens with zero attached hydrogens (tertiary/aromatic N) is 1. The minimum absolute atomic E-state index is 0.392. The number of H-pyrrole nitrogens is 1. The van der Waals surface area contributed by atoms with Crippen molar-refractivity contribution in [3.63, 3.8) is 0 Å². The molecule has 0 unspecified atom stereocenters. The van der Waals surface area contributed by atoms with E-state index in [0.29, 0.717) is 11.5 Å².